The minimum Gasteiger partial charge on any atom is -0.290 e. The molecule has 4 aromatic rings. The molecule has 0 radical (unpaired) electrons. The third-order valence-corrected chi connectivity index (χ3v) is 4.76. The standard InChI is InChI=1S/C25H21N2O/c1-19-7-9-22(10-8-19)24-15-16-27(18-26-24)17-25(28)23-13-11-21(12-14-23)20-5-3-2-4-6-20/h2-16,18H,17H2,1H3/q+1. The van der Waals surface area contributed by atoms with Crippen LogP contribution in [-0.4, -0.2) is 10.8 Å². The molecule has 0 atom stereocenters. The molecule has 0 fully saturated rings. The van der Waals surface area contributed by atoms with Crippen molar-refractivity contribution in [3.8, 4) is 22.4 Å². The lowest BCUT2D eigenvalue weighted by Gasteiger charge is -2.04. The number of ketones is 1. The minimum atomic E-state index is 0.0643. The molecule has 0 aliphatic rings. The Morgan fingerprint density at radius 1 is 0.786 bits per heavy atom. The van der Waals surface area contributed by atoms with Gasteiger partial charge in [0.15, 0.2) is 12.2 Å². The van der Waals surface area contributed by atoms with Crippen LogP contribution in [0.3, 0.4) is 0 Å². The Labute approximate surface area is 165 Å². The molecular weight excluding hydrogens is 344 g/mol. The number of benzene rings is 3. The molecule has 0 bridgehead atoms. The number of aromatic nitrogens is 2. The number of Topliss-reactive ketones (excluding diaryl/α,β-unsaturated/α-hetero) is 1. The number of carbonyl (C=O) groups is 1. The molecule has 0 saturated carbocycles. The van der Waals surface area contributed by atoms with Crippen molar-refractivity contribution in [2.24, 2.45) is 0 Å². The van der Waals surface area contributed by atoms with Crippen molar-refractivity contribution in [2.75, 3.05) is 0 Å². The number of nitrogens with zero attached hydrogens (tertiary/aromatic N) is 2. The monoisotopic (exact) mass is 365 g/mol. The molecule has 0 unspecified atom stereocenters. The lowest BCUT2D eigenvalue weighted by molar-refractivity contribution is -0.686. The number of rotatable bonds is 5. The second-order valence-corrected chi connectivity index (χ2v) is 6.85. The van der Waals surface area contributed by atoms with Crippen molar-refractivity contribution in [1.29, 1.82) is 0 Å². The van der Waals surface area contributed by atoms with Gasteiger partial charge in [-0.15, -0.1) is 0 Å². The van der Waals surface area contributed by atoms with Gasteiger partial charge < -0.3 is 0 Å². The molecular formula is C25H21N2O+. The average Bonchev–Trinajstić information content (AvgIpc) is 2.76. The van der Waals surface area contributed by atoms with E-state index >= 15 is 0 Å². The van der Waals surface area contributed by atoms with Crippen LogP contribution in [0.1, 0.15) is 15.9 Å². The van der Waals surface area contributed by atoms with Crippen LogP contribution >= 0.6 is 0 Å². The summed E-state index contributed by atoms with van der Waals surface area (Å²) in [5.41, 5.74) is 6.14. The summed E-state index contributed by atoms with van der Waals surface area (Å²) >= 11 is 0. The number of aryl methyl sites for hydroxylation is 1. The smallest absolute Gasteiger partial charge is 0.287 e. The summed E-state index contributed by atoms with van der Waals surface area (Å²) in [5.74, 6) is 0.0643. The van der Waals surface area contributed by atoms with Crippen LogP contribution in [0.4, 0.5) is 0 Å². The lowest BCUT2D eigenvalue weighted by Crippen LogP contribution is -2.37. The Morgan fingerprint density at radius 3 is 2.07 bits per heavy atom. The van der Waals surface area contributed by atoms with Crippen LogP contribution in [0.5, 0.6) is 0 Å². The third-order valence-electron chi connectivity index (χ3n) is 4.76. The molecule has 4 rings (SSSR count). The second-order valence-electron chi connectivity index (χ2n) is 6.85. The second kappa shape index (κ2) is 7.97. The largest absolute Gasteiger partial charge is 0.290 e. The molecule has 0 spiro atoms. The first-order chi connectivity index (χ1) is 13.7. The number of hydrogen-bond donors (Lipinski definition) is 0. The van der Waals surface area contributed by atoms with Gasteiger partial charge in [-0.1, -0.05) is 84.4 Å². The van der Waals surface area contributed by atoms with Crippen molar-refractivity contribution in [3.05, 3.63) is 109 Å². The van der Waals surface area contributed by atoms with E-state index in [0.717, 1.165) is 22.4 Å². The number of hydrogen-bond acceptors (Lipinski definition) is 2. The predicted molar refractivity (Wildman–Crippen MR) is 111 cm³/mol. The first-order valence-corrected chi connectivity index (χ1v) is 9.30. The maximum absolute atomic E-state index is 12.6. The van der Waals surface area contributed by atoms with Gasteiger partial charge in [0.1, 0.15) is 0 Å². The Balaban J connectivity index is 1.45. The summed E-state index contributed by atoms with van der Waals surface area (Å²) in [6.45, 7) is 2.33. The quantitative estimate of drug-likeness (QED) is 0.372. The van der Waals surface area contributed by atoms with Gasteiger partial charge in [-0.25, -0.2) is 4.57 Å². The van der Waals surface area contributed by atoms with Crippen LogP contribution < -0.4 is 4.57 Å². The molecule has 3 nitrogen and oxygen atoms in total. The summed E-state index contributed by atoms with van der Waals surface area (Å²) in [4.78, 5) is 17.1. The zero-order valence-electron chi connectivity index (χ0n) is 15.7. The molecule has 1 heterocycles. The van der Waals surface area contributed by atoms with E-state index in [1.54, 1.807) is 6.33 Å². The van der Waals surface area contributed by atoms with E-state index in [-0.39, 0.29) is 12.3 Å². The molecule has 3 heteroatoms. The highest BCUT2D eigenvalue weighted by Crippen LogP contribution is 2.19. The van der Waals surface area contributed by atoms with Crippen LogP contribution in [-0.2, 0) is 6.54 Å². The van der Waals surface area contributed by atoms with Crippen LogP contribution in [0.25, 0.3) is 22.4 Å². The first kappa shape index (κ1) is 17.8. The molecule has 136 valence electrons. The van der Waals surface area contributed by atoms with Gasteiger partial charge in [-0.3, -0.25) is 4.79 Å². The molecule has 0 N–H and O–H groups in total. The van der Waals surface area contributed by atoms with E-state index in [0.29, 0.717) is 5.56 Å². The number of carbonyl (C=O) groups excluding carboxylic acids is 1. The zero-order chi connectivity index (χ0) is 19.3. The van der Waals surface area contributed by atoms with Gasteiger partial charge in [-0.2, -0.15) is 0 Å². The SMILES string of the molecule is Cc1ccc(-c2cc[n+](CC(=O)c3ccc(-c4ccccc4)cc3)cn2)cc1. The fraction of sp³-hybridized carbons (Fsp3) is 0.0800. The maximum atomic E-state index is 12.6. The third kappa shape index (κ3) is 4.04. The lowest BCUT2D eigenvalue weighted by atomic mass is 10.0. The van der Waals surface area contributed by atoms with Crippen LogP contribution in [0, 0.1) is 6.92 Å². The fourth-order valence-electron chi connectivity index (χ4n) is 3.11. The van der Waals surface area contributed by atoms with Crippen LogP contribution in [0.15, 0.2) is 97.5 Å². The van der Waals surface area contributed by atoms with Gasteiger partial charge in [0.2, 0.25) is 5.78 Å². The summed E-state index contributed by atoms with van der Waals surface area (Å²) in [6, 6.07) is 28.1. The summed E-state index contributed by atoms with van der Waals surface area (Å²) in [7, 11) is 0. The van der Waals surface area contributed by atoms with Gasteiger partial charge in [0.25, 0.3) is 6.33 Å². The molecule has 0 aliphatic heterocycles. The van der Waals surface area contributed by atoms with E-state index in [1.165, 1.54) is 5.56 Å². The van der Waals surface area contributed by atoms with E-state index < -0.39 is 0 Å². The first-order valence-electron chi connectivity index (χ1n) is 9.30. The Morgan fingerprint density at radius 2 is 1.43 bits per heavy atom. The molecule has 3 aromatic carbocycles. The van der Waals surface area contributed by atoms with Crippen molar-refractivity contribution in [1.82, 2.24) is 4.98 Å². The highest BCUT2D eigenvalue weighted by Gasteiger charge is 2.12. The molecule has 28 heavy (non-hydrogen) atoms. The van der Waals surface area contributed by atoms with E-state index in [4.69, 9.17) is 0 Å². The molecule has 0 aliphatic carbocycles. The van der Waals surface area contributed by atoms with Gasteiger partial charge in [0, 0.05) is 17.2 Å². The van der Waals surface area contributed by atoms with Crippen molar-refractivity contribution >= 4 is 5.78 Å². The Hall–Kier alpha value is -3.59. The van der Waals surface area contributed by atoms with Crippen molar-refractivity contribution in [3.63, 3.8) is 0 Å². The molecule has 0 amide bonds. The summed E-state index contributed by atoms with van der Waals surface area (Å²) < 4.78 is 1.81. The van der Waals surface area contributed by atoms with E-state index in [9.17, 15) is 4.79 Å². The van der Waals surface area contributed by atoms with E-state index in [2.05, 4.69) is 48.3 Å². The van der Waals surface area contributed by atoms with Crippen molar-refractivity contribution < 1.29 is 9.36 Å². The molecule has 1 aromatic heterocycles. The summed E-state index contributed by atoms with van der Waals surface area (Å²) in [6.07, 6.45) is 3.61. The van der Waals surface area contributed by atoms with Gasteiger partial charge in [-0.05, 0) is 23.0 Å². The van der Waals surface area contributed by atoms with Crippen LogP contribution in [0.2, 0.25) is 0 Å². The summed E-state index contributed by atoms with van der Waals surface area (Å²) in [5, 5.41) is 0. The maximum Gasteiger partial charge on any atom is 0.287 e. The fourth-order valence-corrected chi connectivity index (χ4v) is 3.11. The Kier molecular flexibility index (Phi) is 5.07. The zero-order valence-corrected chi connectivity index (χ0v) is 15.7. The highest BCUT2D eigenvalue weighted by molar-refractivity contribution is 5.95. The van der Waals surface area contributed by atoms with Gasteiger partial charge in [0.05, 0.1) is 6.20 Å². The van der Waals surface area contributed by atoms with E-state index in [1.807, 2.05) is 59.3 Å². The highest BCUT2D eigenvalue weighted by atomic mass is 16.1. The Bertz CT molecular complexity index is 1070. The minimum absolute atomic E-state index is 0.0643. The normalized spacial score (nSPS) is 10.6. The topological polar surface area (TPSA) is 33.8 Å². The predicted octanol–water partition coefficient (Wildman–Crippen LogP) is 4.89. The van der Waals surface area contributed by atoms with Gasteiger partial charge >= 0.3 is 0 Å². The molecule has 0 saturated heterocycles. The van der Waals surface area contributed by atoms with Crippen molar-refractivity contribution in [2.45, 2.75) is 13.5 Å². The average molecular weight is 365 g/mol.